The van der Waals surface area contributed by atoms with Gasteiger partial charge in [0.2, 0.25) is 0 Å². The van der Waals surface area contributed by atoms with Crippen LogP contribution in [-0.4, -0.2) is 26.5 Å². The van der Waals surface area contributed by atoms with Crippen LogP contribution in [0.15, 0.2) is 41.3 Å². The zero-order valence-electron chi connectivity index (χ0n) is 16.5. The van der Waals surface area contributed by atoms with Crippen molar-refractivity contribution in [3.8, 4) is 0 Å². The van der Waals surface area contributed by atoms with Gasteiger partial charge in [-0.15, -0.1) is 0 Å². The Morgan fingerprint density at radius 3 is 2.46 bits per heavy atom. The second-order valence-electron chi connectivity index (χ2n) is 7.65. The number of imidazole rings is 1. The first-order valence-electron chi connectivity index (χ1n) is 8.82. The molecule has 2 amide bonds. The summed E-state index contributed by atoms with van der Waals surface area (Å²) in [5, 5.41) is 9.43. The normalized spacial score (nSPS) is 11.3. The van der Waals surface area contributed by atoms with E-state index in [0.29, 0.717) is 28.5 Å². The van der Waals surface area contributed by atoms with Gasteiger partial charge in [0, 0.05) is 29.8 Å². The average molecular weight is 381 g/mol. The summed E-state index contributed by atoms with van der Waals surface area (Å²) in [5.74, 6) is 0.378. The van der Waals surface area contributed by atoms with Crippen molar-refractivity contribution in [2.24, 2.45) is 7.05 Å². The van der Waals surface area contributed by atoms with Gasteiger partial charge >= 0.3 is 0 Å². The minimum absolute atomic E-state index is 0.205. The van der Waals surface area contributed by atoms with Gasteiger partial charge < -0.3 is 19.7 Å². The predicted molar refractivity (Wildman–Crippen MR) is 105 cm³/mol. The Labute approximate surface area is 162 Å². The highest BCUT2D eigenvalue weighted by Crippen LogP contribution is 2.25. The Hall–Kier alpha value is -3.42. The van der Waals surface area contributed by atoms with Crippen LogP contribution in [0.5, 0.6) is 0 Å². The molecule has 0 saturated carbocycles. The molecule has 8 nitrogen and oxygen atoms in total. The third kappa shape index (κ3) is 4.11. The monoisotopic (exact) mass is 381 g/mol. The number of aromatic nitrogens is 3. The Morgan fingerprint density at radius 2 is 1.86 bits per heavy atom. The number of nitrogens with one attached hydrogen (secondary N) is 2. The summed E-state index contributed by atoms with van der Waals surface area (Å²) in [7, 11) is 1.74. The minimum Gasteiger partial charge on any atom is -0.359 e. The van der Waals surface area contributed by atoms with Gasteiger partial charge in [0.15, 0.2) is 5.82 Å². The number of rotatable bonds is 4. The van der Waals surface area contributed by atoms with Crippen LogP contribution in [0.3, 0.4) is 0 Å². The summed E-state index contributed by atoms with van der Waals surface area (Å²) in [4.78, 5) is 28.9. The topological polar surface area (TPSA) is 102 Å². The van der Waals surface area contributed by atoms with Gasteiger partial charge in [-0.2, -0.15) is 0 Å². The van der Waals surface area contributed by atoms with Crippen molar-refractivity contribution in [3.05, 3.63) is 59.4 Å². The van der Waals surface area contributed by atoms with Gasteiger partial charge in [0.1, 0.15) is 11.5 Å². The molecule has 0 atom stereocenters. The van der Waals surface area contributed by atoms with E-state index in [-0.39, 0.29) is 17.2 Å². The molecule has 0 aliphatic heterocycles. The number of aryl methyl sites for hydroxylation is 2. The molecular weight excluding hydrogens is 358 g/mol. The van der Waals surface area contributed by atoms with Gasteiger partial charge in [-0.25, -0.2) is 4.98 Å². The van der Waals surface area contributed by atoms with E-state index in [1.54, 1.807) is 42.2 Å². The Kier molecular flexibility index (Phi) is 5.04. The van der Waals surface area contributed by atoms with E-state index in [1.165, 1.54) is 6.20 Å². The molecule has 0 fully saturated rings. The number of amides is 2. The number of carbonyl (C=O) groups excluding carboxylic acids is 2. The summed E-state index contributed by atoms with van der Waals surface area (Å²) >= 11 is 0. The van der Waals surface area contributed by atoms with Crippen molar-refractivity contribution < 1.29 is 14.1 Å². The fourth-order valence-corrected chi connectivity index (χ4v) is 2.54. The van der Waals surface area contributed by atoms with Crippen molar-refractivity contribution in [1.82, 2.24) is 14.7 Å². The quantitative estimate of drug-likeness (QED) is 0.720. The molecule has 3 aromatic rings. The van der Waals surface area contributed by atoms with Crippen molar-refractivity contribution in [1.29, 1.82) is 0 Å². The third-order valence-corrected chi connectivity index (χ3v) is 4.29. The molecule has 0 bridgehead atoms. The number of benzene rings is 1. The lowest BCUT2D eigenvalue weighted by atomic mass is 9.93. The zero-order chi connectivity index (χ0) is 20.5. The fourth-order valence-electron chi connectivity index (χ4n) is 2.54. The van der Waals surface area contributed by atoms with Gasteiger partial charge in [0.05, 0.1) is 12.5 Å². The van der Waals surface area contributed by atoms with Crippen molar-refractivity contribution in [2.75, 3.05) is 10.6 Å². The number of anilines is 2. The van der Waals surface area contributed by atoms with E-state index in [4.69, 9.17) is 4.52 Å². The maximum atomic E-state index is 12.6. The maximum absolute atomic E-state index is 12.6. The maximum Gasteiger partial charge on any atom is 0.273 e. The van der Waals surface area contributed by atoms with Gasteiger partial charge in [-0.1, -0.05) is 32.0 Å². The first-order valence-corrected chi connectivity index (χ1v) is 8.82. The fraction of sp³-hybridized carbons (Fsp3) is 0.300. The van der Waals surface area contributed by atoms with Crippen molar-refractivity contribution in [2.45, 2.75) is 33.1 Å². The van der Waals surface area contributed by atoms with E-state index < -0.39 is 0 Å². The molecule has 0 aliphatic rings. The molecule has 0 radical (unpaired) electrons. The summed E-state index contributed by atoms with van der Waals surface area (Å²) in [6.07, 6.45) is 3.04. The van der Waals surface area contributed by atoms with Crippen LogP contribution in [-0.2, 0) is 12.5 Å². The number of carbonyl (C=O) groups is 2. The second kappa shape index (κ2) is 7.30. The van der Waals surface area contributed by atoms with Crippen molar-refractivity contribution in [3.63, 3.8) is 0 Å². The Balaban J connectivity index is 1.77. The Bertz CT molecular complexity index is 1030. The summed E-state index contributed by atoms with van der Waals surface area (Å²) in [6, 6.07) is 6.80. The molecule has 146 valence electrons. The average Bonchev–Trinajstić information content (AvgIpc) is 3.25. The highest BCUT2D eigenvalue weighted by atomic mass is 16.5. The van der Waals surface area contributed by atoms with Crippen LogP contribution in [0, 0.1) is 6.92 Å². The lowest BCUT2D eigenvalue weighted by Crippen LogP contribution is -2.17. The number of hydrogen-bond acceptors (Lipinski definition) is 5. The highest BCUT2D eigenvalue weighted by molar-refractivity contribution is 6.07. The van der Waals surface area contributed by atoms with E-state index in [0.717, 1.165) is 5.56 Å². The molecule has 28 heavy (non-hydrogen) atoms. The molecule has 0 saturated heterocycles. The van der Waals surface area contributed by atoms with E-state index in [1.807, 2.05) is 27.7 Å². The van der Waals surface area contributed by atoms with Gasteiger partial charge in [-0.3, -0.25) is 9.59 Å². The molecule has 0 spiro atoms. The standard InChI is InChI=1S/C20H23N5O3/c1-12-6-7-13(8-14(12)22-19(27)15-10-21-11-25(15)5)18(26)23-17-9-16(28-24-17)20(2,3)4/h6-11H,1-5H3,(H,22,27)(H,23,24,26). The largest absolute Gasteiger partial charge is 0.359 e. The van der Waals surface area contributed by atoms with Crippen LogP contribution in [0.25, 0.3) is 0 Å². The Morgan fingerprint density at radius 1 is 1.11 bits per heavy atom. The predicted octanol–water partition coefficient (Wildman–Crippen LogP) is 3.52. The first-order chi connectivity index (χ1) is 13.1. The van der Waals surface area contributed by atoms with Gasteiger partial charge in [-0.05, 0) is 24.6 Å². The molecule has 1 aromatic carbocycles. The molecule has 8 heteroatoms. The van der Waals surface area contributed by atoms with Crippen LogP contribution in [0.2, 0.25) is 0 Å². The molecule has 0 aliphatic carbocycles. The molecule has 2 heterocycles. The number of hydrogen-bond donors (Lipinski definition) is 2. The van der Waals surface area contributed by atoms with E-state index in [2.05, 4.69) is 20.8 Å². The molecule has 0 unspecified atom stereocenters. The summed E-state index contributed by atoms with van der Waals surface area (Å²) in [6.45, 7) is 7.84. The summed E-state index contributed by atoms with van der Waals surface area (Å²) in [5.41, 5.74) is 2.00. The van der Waals surface area contributed by atoms with Crippen LogP contribution in [0.1, 0.15) is 52.9 Å². The summed E-state index contributed by atoms with van der Waals surface area (Å²) < 4.78 is 6.91. The molecule has 2 N–H and O–H groups in total. The zero-order valence-corrected chi connectivity index (χ0v) is 16.5. The molecule has 2 aromatic heterocycles. The van der Waals surface area contributed by atoms with Gasteiger partial charge in [0.25, 0.3) is 11.8 Å². The molecular formula is C20H23N5O3. The lowest BCUT2D eigenvalue weighted by molar-refractivity contribution is 0.101. The van der Waals surface area contributed by atoms with Crippen molar-refractivity contribution >= 4 is 23.3 Å². The smallest absolute Gasteiger partial charge is 0.273 e. The van der Waals surface area contributed by atoms with Crippen LogP contribution >= 0.6 is 0 Å². The first kappa shape index (κ1) is 19.3. The minimum atomic E-state index is -0.343. The second-order valence-corrected chi connectivity index (χ2v) is 7.65. The van der Waals surface area contributed by atoms with Crippen LogP contribution < -0.4 is 10.6 Å². The lowest BCUT2D eigenvalue weighted by Gasteiger charge is -2.12. The van der Waals surface area contributed by atoms with Crippen LogP contribution in [0.4, 0.5) is 11.5 Å². The van der Waals surface area contributed by atoms with E-state index in [9.17, 15) is 9.59 Å². The molecule has 3 rings (SSSR count). The third-order valence-electron chi connectivity index (χ3n) is 4.29. The SMILES string of the molecule is Cc1ccc(C(=O)Nc2cc(C(C)(C)C)on2)cc1NC(=O)c1cncn1C. The number of nitrogens with zero attached hydrogens (tertiary/aromatic N) is 3. The van der Waals surface area contributed by atoms with E-state index >= 15 is 0 Å². The highest BCUT2D eigenvalue weighted by Gasteiger charge is 2.21.